The van der Waals surface area contributed by atoms with Gasteiger partial charge in [-0.2, -0.15) is 0 Å². The second-order valence-electron chi connectivity index (χ2n) is 5.33. The van der Waals surface area contributed by atoms with Gasteiger partial charge >= 0.3 is 5.97 Å². The summed E-state index contributed by atoms with van der Waals surface area (Å²) < 4.78 is 5.06. The van der Waals surface area contributed by atoms with Crippen molar-refractivity contribution >= 4 is 18.2 Å². The first-order chi connectivity index (χ1) is 10.1. The van der Waals surface area contributed by atoms with Crippen molar-refractivity contribution in [2.24, 2.45) is 0 Å². The summed E-state index contributed by atoms with van der Waals surface area (Å²) >= 11 is 5.28. The molecule has 0 bridgehead atoms. The molecule has 1 aliphatic rings. The maximum absolute atomic E-state index is 11.8. The standard InChI is InChI=1S/C16H16N2O2S/c1-10-12(14(19)20-2)13(21)18-15(17-10)16(8-9-16)11-6-4-3-5-7-11/h3-7H,8-9H2,1-2H3,(H,17,18,21). The molecule has 0 saturated heterocycles. The Balaban J connectivity index is 2.10. The van der Waals surface area contributed by atoms with Crippen LogP contribution in [0.5, 0.6) is 0 Å². The molecule has 4 nitrogen and oxygen atoms in total. The lowest BCUT2D eigenvalue weighted by molar-refractivity contribution is 0.0598. The number of hydrogen-bond donors (Lipinski definition) is 1. The van der Waals surface area contributed by atoms with Crippen LogP contribution in [0.4, 0.5) is 0 Å². The van der Waals surface area contributed by atoms with Crippen molar-refractivity contribution in [3.63, 3.8) is 0 Å². The zero-order valence-corrected chi connectivity index (χ0v) is 12.8. The number of carbonyl (C=O) groups excluding carboxylic acids is 1. The van der Waals surface area contributed by atoms with Gasteiger partial charge in [-0.1, -0.05) is 42.5 Å². The van der Waals surface area contributed by atoms with Gasteiger partial charge < -0.3 is 9.72 Å². The summed E-state index contributed by atoms with van der Waals surface area (Å²) in [6.07, 6.45) is 2.07. The Morgan fingerprint density at radius 3 is 2.52 bits per heavy atom. The minimum atomic E-state index is -0.447. The first kappa shape index (κ1) is 13.9. The van der Waals surface area contributed by atoms with E-state index in [9.17, 15) is 4.79 Å². The quantitative estimate of drug-likeness (QED) is 0.698. The van der Waals surface area contributed by atoms with E-state index < -0.39 is 5.97 Å². The highest BCUT2D eigenvalue weighted by Crippen LogP contribution is 2.52. The molecular formula is C16H16N2O2S. The molecule has 0 atom stereocenters. The van der Waals surface area contributed by atoms with E-state index in [2.05, 4.69) is 22.1 Å². The molecule has 0 spiro atoms. The highest BCUT2D eigenvalue weighted by Gasteiger charge is 2.48. The molecular weight excluding hydrogens is 284 g/mol. The summed E-state index contributed by atoms with van der Waals surface area (Å²) in [6, 6.07) is 10.3. The number of H-pyrrole nitrogens is 1. The van der Waals surface area contributed by atoms with Gasteiger partial charge in [0.25, 0.3) is 0 Å². The number of carbonyl (C=O) groups is 1. The van der Waals surface area contributed by atoms with Gasteiger partial charge in [-0.15, -0.1) is 0 Å². The highest BCUT2D eigenvalue weighted by molar-refractivity contribution is 7.71. The molecule has 0 amide bonds. The Bertz CT molecular complexity index is 749. The molecule has 0 radical (unpaired) electrons. The first-order valence-corrected chi connectivity index (χ1v) is 7.24. The van der Waals surface area contributed by atoms with E-state index in [4.69, 9.17) is 17.0 Å². The van der Waals surface area contributed by atoms with Gasteiger partial charge in [-0.25, -0.2) is 9.78 Å². The van der Waals surface area contributed by atoms with E-state index in [-0.39, 0.29) is 5.41 Å². The zero-order valence-electron chi connectivity index (χ0n) is 12.0. The zero-order chi connectivity index (χ0) is 15.0. The molecule has 1 fully saturated rings. The number of ether oxygens (including phenoxy) is 1. The number of rotatable bonds is 3. The molecule has 0 aliphatic heterocycles. The van der Waals surface area contributed by atoms with Crippen molar-refractivity contribution in [3.8, 4) is 0 Å². The number of nitrogens with zero attached hydrogens (tertiary/aromatic N) is 1. The van der Waals surface area contributed by atoms with Crippen LogP contribution in [0.25, 0.3) is 0 Å². The number of benzene rings is 1. The normalized spacial score (nSPS) is 15.5. The largest absolute Gasteiger partial charge is 0.465 e. The fraction of sp³-hybridized carbons (Fsp3) is 0.312. The van der Waals surface area contributed by atoms with E-state index >= 15 is 0 Å². The molecule has 21 heavy (non-hydrogen) atoms. The van der Waals surface area contributed by atoms with Crippen molar-refractivity contribution in [2.45, 2.75) is 25.2 Å². The SMILES string of the molecule is COC(=O)c1c(C)[nH]c(C2(c3ccccc3)CC2)nc1=S. The number of aryl methyl sites for hydroxylation is 1. The van der Waals surface area contributed by atoms with Gasteiger partial charge in [0.1, 0.15) is 16.0 Å². The topological polar surface area (TPSA) is 55.0 Å². The fourth-order valence-corrected chi connectivity index (χ4v) is 3.03. The summed E-state index contributed by atoms with van der Waals surface area (Å²) in [5, 5.41) is 0. The third-order valence-electron chi connectivity index (χ3n) is 4.03. The molecule has 1 N–H and O–H groups in total. The summed E-state index contributed by atoms with van der Waals surface area (Å²) in [6.45, 7) is 1.83. The third kappa shape index (κ3) is 2.27. The Morgan fingerprint density at radius 2 is 2.00 bits per heavy atom. The van der Waals surface area contributed by atoms with Gasteiger partial charge in [-0.3, -0.25) is 0 Å². The van der Waals surface area contributed by atoms with Crippen LogP contribution in [0.2, 0.25) is 0 Å². The summed E-state index contributed by atoms with van der Waals surface area (Å²) in [5.74, 6) is 0.390. The lowest BCUT2D eigenvalue weighted by atomic mass is 9.95. The lowest BCUT2D eigenvalue weighted by Crippen LogP contribution is -2.17. The molecule has 1 heterocycles. The van der Waals surface area contributed by atoms with Crippen LogP contribution in [0.15, 0.2) is 30.3 Å². The minimum Gasteiger partial charge on any atom is -0.465 e. The number of aromatic amines is 1. The van der Waals surface area contributed by atoms with Crippen LogP contribution in [-0.4, -0.2) is 23.0 Å². The number of methoxy groups -OCH3 is 1. The van der Waals surface area contributed by atoms with Crippen LogP contribution in [0.3, 0.4) is 0 Å². The maximum Gasteiger partial charge on any atom is 0.342 e. The highest BCUT2D eigenvalue weighted by atomic mass is 32.1. The van der Waals surface area contributed by atoms with E-state index in [0.717, 1.165) is 18.7 Å². The molecule has 0 unspecified atom stereocenters. The molecule has 1 saturated carbocycles. The lowest BCUT2D eigenvalue weighted by Gasteiger charge is -2.17. The summed E-state index contributed by atoms with van der Waals surface area (Å²) in [4.78, 5) is 19.5. The molecule has 5 heteroatoms. The smallest absolute Gasteiger partial charge is 0.342 e. The van der Waals surface area contributed by atoms with Crippen molar-refractivity contribution in [2.75, 3.05) is 7.11 Å². The summed E-state index contributed by atoms with van der Waals surface area (Å²) in [7, 11) is 1.34. The average molecular weight is 300 g/mol. The van der Waals surface area contributed by atoms with Crippen molar-refractivity contribution in [1.29, 1.82) is 0 Å². The summed E-state index contributed by atoms with van der Waals surface area (Å²) in [5.41, 5.74) is 2.20. The van der Waals surface area contributed by atoms with Gasteiger partial charge in [0.05, 0.1) is 12.5 Å². The molecule has 108 valence electrons. The number of nitrogens with one attached hydrogen (secondary N) is 1. The third-order valence-corrected chi connectivity index (χ3v) is 4.32. The van der Waals surface area contributed by atoms with E-state index in [1.807, 2.05) is 25.1 Å². The van der Waals surface area contributed by atoms with Gasteiger partial charge in [0.2, 0.25) is 0 Å². The number of esters is 1. The first-order valence-electron chi connectivity index (χ1n) is 6.84. The Morgan fingerprint density at radius 1 is 1.33 bits per heavy atom. The Kier molecular flexibility index (Phi) is 3.37. The number of hydrogen-bond acceptors (Lipinski definition) is 4. The van der Waals surface area contributed by atoms with Crippen molar-refractivity contribution in [1.82, 2.24) is 9.97 Å². The van der Waals surface area contributed by atoms with Crippen molar-refractivity contribution < 1.29 is 9.53 Å². The van der Waals surface area contributed by atoms with Gasteiger partial charge in [0.15, 0.2) is 0 Å². The van der Waals surface area contributed by atoms with Crippen LogP contribution >= 0.6 is 12.2 Å². The second kappa shape index (κ2) is 5.07. The number of aromatic nitrogens is 2. The second-order valence-corrected chi connectivity index (χ2v) is 5.72. The monoisotopic (exact) mass is 300 g/mol. The Labute approximate surface area is 128 Å². The molecule has 1 aliphatic carbocycles. The van der Waals surface area contributed by atoms with E-state index in [0.29, 0.717) is 15.9 Å². The molecule has 2 aromatic rings. The Hall–Kier alpha value is -2.01. The van der Waals surface area contributed by atoms with Crippen LogP contribution in [0.1, 0.15) is 40.3 Å². The van der Waals surface area contributed by atoms with Gasteiger partial charge in [0, 0.05) is 5.69 Å². The van der Waals surface area contributed by atoms with Crippen LogP contribution < -0.4 is 0 Å². The molecule has 3 rings (SSSR count). The molecule has 1 aromatic carbocycles. The minimum absolute atomic E-state index is 0.0891. The van der Waals surface area contributed by atoms with Crippen LogP contribution in [-0.2, 0) is 10.2 Å². The van der Waals surface area contributed by atoms with E-state index in [1.165, 1.54) is 12.7 Å². The maximum atomic E-state index is 11.8. The fourth-order valence-electron chi connectivity index (χ4n) is 2.70. The van der Waals surface area contributed by atoms with E-state index in [1.54, 1.807) is 0 Å². The van der Waals surface area contributed by atoms with Gasteiger partial charge in [-0.05, 0) is 25.3 Å². The average Bonchev–Trinajstić information content (AvgIpc) is 3.29. The van der Waals surface area contributed by atoms with Crippen LogP contribution in [0, 0.1) is 11.6 Å². The predicted octanol–water partition coefficient (Wildman–Crippen LogP) is 3.31. The molecule has 1 aromatic heterocycles. The predicted molar refractivity (Wildman–Crippen MR) is 82.0 cm³/mol. The van der Waals surface area contributed by atoms with Crippen molar-refractivity contribution in [3.05, 3.63) is 57.6 Å².